The van der Waals surface area contributed by atoms with Gasteiger partial charge in [0, 0.05) is 32.6 Å². The average molecular weight is 459 g/mol. The fourth-order valence-electron chi connectivity index (χ4n) is 4.84. The largest absolute Gasteiger partial charge is 0.507 e. The van der Waals surface area contributed by atoms with E-state index in [1.54, 1.807) is 0 Å². The third-order valence-electron chi connectivity index (χ3n) is 6.86. The molecule has 2 aliphatic heterocycles. The molecule has 6 nitrogen and oxygen atoms in total. The summed E-state index contributed by atoms with van der Waals surface area (Å²) in [4.78, 5) is 29.7. The summed E-state index contributed by atoms with van der Waals surface area (Å²) in [6.45, 7) is 16.3. The Morgan fingerprint density at radius 2 is 1.55 bits per heavy atom. The monoisotopic (exact) mass is 458 g/mol. The van der Waals surface area contributed by atoms with Crippen LogP contribution in [0, 0.1) is 5.92 Å². The SMILES string of the molecule is CC(C)(C)c1cc(CCC(=O)N2CCCC(C(=O)N3CCOCC3)C2)cc(C(C)(C)C)c1O. The molecular weight excluding hydrogens is 416 g/mol. The fourth-order valence-corrected chi connectivity index (χ4v) is 4.84. The van der Waals surface area contributed by atoms with E-state index in [-0.39, 0.29) is 28.6 Å². The minimum atomic E-state index is -0.190. The van der Waals surface area contributed by atoms with Crippen molar-refractivity contribution >= 4 is 11.8 Å². The number of likely N-dealkylation sites (tertiary alicyclic amines) is 1. The molecule has 0 bridgehead atoms. The van der Waals surface area contributed by atoms with Crippen molar-refractivity contribution in [2.75, 3.05) is 39.4 Å². The number of carbonyl (C=O) groups is 2. The Hall–Kier alpha value is -2.08. The normalized spacial score (nSPS) is 20.1. The van der Waals surface area contributed by atoms with Crippen LogP contribution in [0.25, 0.3) is 0 Å². The maximum Gasteiger partial charge on any atom is 0.227 e. The van der Waals surface area contributed by atoms with Gasteiger partial charge in [-0.05, 0) is 46.8 Å². The van der Waals surface area contributed by atoms with Gasteiger partial charge in [-0.2, -0.15) is 0 Å². The standard InChI is InChI=1S/C27H42N2O4/c1-26(2,3)21-16-19(17-22(24(21)31)27(4,5)6)9-10-23(30)29-11-7-8-20(18-29)25(32)28-12-14-33-15-13-28/h16-17,20,31H,7-15,18H2,1-6H3. The molecule has 0 spiro atoms. The zero-order chi connectivity index (χ0) is 24.4. The van der Waals surface area contributed by atoms with Crippen LogP contribution in [0.2, 0.25) is 0 Å². The number of amides is 2. The van der Waals surface area contributed by atoms with Crippen molar-refractivity contribution in [3.63, 3.8) is 0 Å². The number of rotatable bonds is 4. The van der Waals surface area contributed by atoms with E-state index in [0.29, 0.717) is 51.4 Å². The van der Waals surface area contributed by atoms with Gasteiger partial charge in [0.05, 0.1) is 19.1 Å². The Bertz CT molecular complexity index is 825. The first-order chi connectivity index (χ1) is 15.4. The van der Waals surface area contributed by atoms with E-state index in [9.17, 15) is 14.7 Å². The highest BCUT2D eigenvalue weighted by molar-refractivity contribution is 5.81. The Labute approximate surface area is 199 Å². The molecule has 6 heteroatoms. The fraction of sp³-hybridized carbons (Fsp3) is 0.704. The number of phenolic OH excluding ortho intramolecular Hbond substituents is 1. The summed E-state index contributed by atoms with van der Waals surface area (Å²) in [5.74, 6) is 0.538. The van der Waals surface area contributed by atoms with Gasteiger partial charge in [0.15, 0.2) is 0 Å². The van der Waals surface area contributed by atoms with Crippen LogP contribution in [0.1, 0.15) is 77.5 Å². The van der Waals surface area contributed by atoms with Crippen LogP contribution < -0.4 is 0 Å². The van der Waals surface area contributed by atoms with Gasteiger partial charge in [-0.15, -0.1) is 0 Å². The number of carbonyl (C=O) groups excluding carboxylic acids is 2. The summed E-state index contributed by atoms with van der Waals surface area (Å²) in [6.07, 6.45) is 2.76. The second-order valence-electron chi connectivity index (χ2n) is 11.7. The van der Waals surface area contributed by atoms with E-state index in [0.717, 1.165) is 36.1 Å². The van der Waals surface area contributed by atoms with Gasteiger partial charge in [-0.3, -0.25) is 9.59 Å². The lowest BCUT2D eigenvalue weighted by Crippen LogP contribution is -2.49. The van der Waals surface area contributed by atoms with E-state index in [2.05, 4.69) is 53.7 Å². The van der Waals surface area contributed by atoms with Crippen LogP contribution in [-0.2, 0) is 31.6 Å². The summed E-state index contributed by atoms with van der Waals surface area (Å²) in [5.41, 5.74) is 2.54. The van der Waals surface area contributed by atoms with Crippen LogP contribution in [0.5, 0.6) is 5.75 Å². The summed E-state index contributed by atoms with van der Waals surface area (Å²) >= 11 is 0. The smallest absolute Gasteiger partial charge is 0.227 e. The molecule has 33 heavy (non-hydrogen) atoms. The molecule has 0 saturated carbocycles. The average Bonchev–Trinajstić information content (AvgIpc) is 2.76. The molecule has 2 fully saturated rings. The molecule has 1 atom stereocenters. The lowest BCUT2D eigenvalue weighted by Gasteiger charge is -2.36. The molecule has 3 rings (SSSR count). The lowest BCUT2D eigenvalue weighted by molar-refractivity contribution is -0.144. The van der Waals surface area contributed by atoms with E-state index >= 15 is 0 Å². The van der Waals surface area contributed by atoms with Crippen molar-refractivity contribution in [2.24, 2.45) is 5.92 Å². The number of benzene rings is 1. The highest BCUT2D eigenvalue weighted by Gasteiger charge is 2.32. The molecule has 0 radical (unpaired) electrons. The molecule has 2 saturated heterocycles. The Morgan fingerprint density at radius 3 is 2.09 bits per heavy atom. The molecule has 2 aliphatic rings. The number of aryl methyl sites for hydroxylation is 1. The van der Waals surface area contributed by atoms with Crippen LogP contribution in [-0.4, -0.2) is 66.1 Å². The second kappa shape index (κ2) is 10.0. The molecule has 2 heterocycles. The number of piperidine rings is 1. The first-order valence-electron chi connectivity index (χ1n) is 12.4. The molecular formula is C27H42N2O4. The highest BCUT2D eigenvalue weighted by Crippen LogP contribution is 2.40. The van der Waals surface area contributed by atoms with Gasteiger partial charge in [-0.25, -0.2) is 0 Å². The van der Waals surface area contributed by atoms with Gasteiger partial charge in [-0.1, -0.05) is 53.7 Å². The molecule has 0 aliphatic carbocycles. The Balaban J connectivity index is 1.68. The summed E-state index contributed by atoms with van der Waals surface area (Å²) in [6, 6.07) is 4.11. The van der Waals surface area contributed by atoms with E-state index in [1.807, 2.05) is 9.80 Å². The van der Waals surface area contributed by atoms with E-state index < -0.39 is 0 Å². The predicted octanol–water partition coefficient (Wildman–Crippen LogP) is 4.02. The molecule has 1 aromatic carbocycles. The van der Waals surface area contributed by atoms with Gasteiger partial charge in [0.1, 0.15) is 5.75 Å². The number of phenols is 1. The van der Waals surface area contributed by atoms with Crippen LogP contribution in [0.3, 0.4) is 0 Å². The lowest BCUT2D eigenvalue weighted by atomic mass is 9.78. The van der Waals surface area contributed by atoms with Crippen molar-refractivity contribution < 1.29 is 19.4 Å². The number of hydrogen-bond acceptors (Lipinski definition) is 4. The third-order valence-corrected chi connectivity index (χ3v) is 6.86. The summed E-state index contributed by atoms with van der Waals surface area (Å²) in [5, 5.41) is 10.9. The number of ether oxygens (including phenoxy) is 1. The minimum Gasteiger partial charge on any atom is -0.507 e. The predicted molar refractivity (Wildman–Crippen MR) is 131 cm³/mol. The second-order valence-corrected chi connectivity index (χ2v) is 11.7. The molecule has 184 valence electrons. The Morgan fingerprint density at radius 1 is 0.970 bits per heavy atom. The maximum absolute atomic E-state index is 13.1. The van der Waals surface area contributed by atoms with Gasteiger partial charge in [0.25, 0.3) is 0 Å². The van der Waals surface area contributed by atoms with Gasteiger partial charge >= 0.3 is 0 Å². The van der Waals surface area contributed by atoms with Crippen molar-refractivity contribution in [3.05, 3.63) is 28.8 Å². The first kappa shape index (κ1) is 25.5. The number of nitrogens with zero attached hydrogens (tertiary/aromatic N) is 2. The number of morpholine rings is 1. The van der Waals surface area contributed by atoms with Crippen LogP contribution >= 0.6 is 0 Å². The highest BCUT2D eigenvalue weighted by atomic mass is 16.5. The number of hydrogen-bond donors (Lipinski definition) is 1. The summed E-state index contributed by atoms with van der Waals surface area (Å²) < 4.78 is 5.36. The van der Waals surface area contributed by atoms with Crippen LogP contribution in [0.4, 0.5) is 0 Å². The Kier molecular flexibility index (Phi) is 7.77. The maximum atomic E-state index is 13.1. The van der Waals surface area contributed by atoms with Crippen molar-refractivity contribution in [1.82, 2.24) is 9.80 Å². The van der Waals surface area contributed by atoms with Crippen molar-refractivity contribution in [1.29, 1.82) is 0 Å². The number of aromatic hydroxyl groups is 1. The van der Waals surface area contributed by atoms with Crippen molar-refractivity contribution in [3.8, 4) is 5.75 Å². The first-order valence-corrected chi connectivity index (χ1v) is 12.4. The minimum absolute atomic E-state index is 0.102. The topological polar surface area (TPSA) is 70.1 Å². The van der Waals surface area contributed by atoms with Crippen molar-refractivity contribution in [2.45, 2.75) is 78.1 Å². The molecule has 1 N–H and O–H groups in total. The quantitative estimate of drug-likeness (QED) is 0.740. The zero-order valence-electron chi connectivity index (χ0n) is 21.4. The van der Waals surface area contributed by atoms with Gasteiger partial charge in [0.2, 0.25) is 11.8 Å². The molecule has 2 amide bonds. The summed E-state index contributed by atoms with van der Waals surface area (Å²) in [7, 11) is 0. The van der Waals surface area contributed by atoms with E-state index in [1.165, 1.54) is 0 Å². The van der Waals surface area contributed by atoms with Gasteiger partial charge < -0.3 is 19.6 Å². The molecule has 1 aromatic rings. The molecule has 0 aromatic heterocycles. The molecule has 1 unspecified atom stereocenters. The van der Waals surface area contributed by atoms with E-state index in [4.69, 9.17) is 4.74 Å². The van der Waals surface area contributed by atoms with Crippen LogP contribution in [0.15, 0.2) is 12.1 Å². The third kappa shape index (κ3) is 6.28. The zero-order valence-corrected chi connectivity index (χ0v) is 21.4.